The maximum absolute atomic E-state index is 10.5. The van der Waals surface area contributed by atoms with E-state index in [2.05, 4.69) is 47.1 Å². The van der Waals surface area contributed by atoms with Crippen LogP contribution in [0.1, 0.15) is 31.0 Å². The lowest BCUT2D eigenvalue weighted by Gasteiger charge is -2.47. The van der Waals surface area contributed by atoms with Crippen molar-refractivity contribution in [2.24, 2.45) is 0 Å². The predicted octanol–water partition coefficient (Wildman–Crippen LogP) is 4.12. The Morgan fingerprint density at radius 3 is 2.71 bits per heavy atom. The van der Waals surface area contributed by atoms with E-state index in [0.717, 1.165) is 25.2 Å². The molecule has 0 aliphatic carbocycles. The van der Waals surface area contributed by atoms with Crippen LogP contribution in [0.15, 0.2) is 53.7 Å². The summed E-state index contributed by atoms with van der Waals surface area (Å²) in [4.78, 5) is 5.01. The summed E-state index contributed by atoms with van der Waals surface area (Å²) < 4.78 is 0. The number of thiophene rings is 1. The van der Waals surface area contributed by atoms with Gasteiger partial charge in [-0.1, -0.05) is 24.3 Å². The van der Waals surface area contributed by atoms with Crippen LogP contribution in [0.2, 0.25) is 0 Å². The second kappa shape index (κ2) is 7.51. The van der Waals surface area contributed by atoms with Crippen molar-refractivity contribution in [3.63, 3.8) is 0 Å². The highest BCUT2D eigenvalue weighted by Gasteiger charge is 2.35. The summed E-state index contributed by atoms with van der Waals surface area (Å²) in [5.74, 6) is 0.377. The molecule has 1 aromatic carbocycles. The second-order valence-electron chi connectivity index (χ2n) is 6.66. The topological polar surface area (TPSA) is 26.7 Å². The number of hydrogen-bond acceptors (Lipinski definition) is 4. The molecule has 3 rings (SSSR count). The lowest BCUT2D eigenvalue weighted by molar-refractivity contribution is 0.0302. The van der Waals surface area contributed by atoms with E-state index in [4.69, 9.17) is 0 Å². The molecular weight excluding hydrogens is 316 g/mol. The minimum absolute atomic E-state index is 0.0979. The first-order chi connectivity index (χ1) is 11.6. The summed E-state index contributed by atoms with van der Waals surface area (Å²) in [6, 6.07) is 10.9. The molecule has 1 aromatic heterocycles. The highest BCUT2D eigenvalue weighted by Crippen LogP contribution is 2.37. The molecule has 0 unspecified atom stereocenters. The van der Waals surface area contributed by atoms with Gasteiger partial charge in [-0.3, -0.25) is 9.80 Å². The molecule has 1 aliphatic rings. The van der Waals surface area contributed by atoms with Gasteiger partial charge in [0, 0.05) is 37.3 Å². The fourth-order valence-corrected chi connectivity index (χ4v) is 4.38. The number of para-hydroxylation sites is 1. The maximum Gasteiger partial charge on any atom is 0.120 e. The third kappa shape index (κ3) is 3.41. The van der Waals surface area contributed by atoms with Crippen molar-refractivity contribution in [2.75, 3.05) is 19.6 Å². The largest absolute Gasteiger partial charge is 0.508 e. The first-order valence-corrected chi connectivity index (χ1v) is 9.46. The lowest BCUT2D eigenvalue weighted by atomic mass is 9.94. The van der Waals surface area contributed by atoms with E-state index < -0.39 is 0 Å². The first-order valence-electron chi connectivity index (χ1n) is 8.52. The Labute approximate surface area is 148 Å². The van der Waals surface area contributed by atoms with Crippen molar-refractivity contribution >= 4 is 11.3 Å². The lowest BCUT2D eigenvalue weighted by Crippen LogP contribution is -2.57. The Kier molecular flexibility index (Phi) is 5.39. The van der Waals surface area contributed by atoms with E-state index in [1.807, 2.05) is 24.3 Å². The zero-order valence-electron chi connectivity index (χ0n) is 14.4. The molecule has 3 atom stereocenters. The Hall–Kier alpha value is -1.62. The van der Waals surface area contributed by atoms with Gasteiger partial charge in [0.05, 0.1) is 6.04 Å². The first kappa shape index (κ1) is 17.2. The third-order valence-electron chi connectivity index (χ3n) is 4.95. The van der Waals surface area contributed by atoms with Gasteiger partial charge in [0.1, 0.15) is 5.75 Å². The number of aromatic hydroxyl groups is 1. The van der Waals surface area contributed by atoms with E-state index in [1.165, 1.54) is 5.56 Å². The average Bonchev–Trinajstić information content (AvgIpc) is 3.08. The van der Waals surface area contributed by atoms with Gasteiger partial charge in [-0.25, -0.2) is 0 Å². The molecule has 2 aromatic rings. The van der Waals surface area contributed by atoms with Crippen LogP contribution in [0.5, 0.6) is 5.75 Å². The number of piperazine rings is 1. The van der Waals surface area contributed by atoms with Crippen LogP contribution in [0, 0.1) is 0 Å². The molecule has 0 bridgehead atoms. The normalized spacial score (nSPS) is 23.9. The molecule has 3 nitrogen and oxygen atoms in total. The summed E-state index contributed by atoms with van der Waals surface area (Å²) in [6.45, 7) is 11.4. The minimum atomic E-state index is 0.0979. The van der Waals surface area contributed by atoms with Crippen molar-refractivity contribution in [1.82, 2.24) is 9.80 Å². The molecule has 0 radical (unpaired) electrons. The number of phenols is 1. The van der Waals surface area contributed by atoms with Gasteiger partial charge in [0.2, 0.25) is 0 Å². The summed E-state index contributed by atoms with van der Waals surface area (Å²) >= 11 is 1.71. The zero-order chi connectivity index (χ0) is 17.1. The molecule has 128 valence electrons. The fraction of sp³-hybridized carbons (Fsp3) is 0.400. The van der Waals surface area contributed by atoms with E-state index in [9.17, 15) is 5.11 Å². The van der Waals surface area contributed by atoms with Gasteiger partial charge in [-0.2, -0.15) is 11.3 Å². The predicted molar refractivity (Wildman–Crippen MR) is 102 cm³/mol. The SMILES string of the molecule is C=CCN1C[C@H](C)N([C@H](c2ccsc2)c2ccccc2O)C[C@H]1C. The molecule has 1 fully saturated rings. The summed E-state index contributed by atoms with van der Waals surface area (Å²) in [7, 11) is 0. The van der Waals surface area contributed by atoms with Crippen molar-refractivity contribution in [3.8, 4) is 5.75 Å². The molecular formula is C20H26N2OS. The van der Waals surface area contributed by atoms with Gasteiger partial charge in [-0.15, -0.1) is 6.58 Å². The van der Waals surface area contributed by atoms with Gasteiger partial charge in [0.15, 0.2) is 0 Å². The Morgan fingerprint density at radius 1 is 1.25 bits per heavy atom. The third-order valence-corrected chi connectivity index (χ3v) is 5.65. The second-order valence-corrected chi connectivity index (χ2v) is 7.44. The molecule has 4 heteroatoms. The Bertz CT molecular complexity index is 670. The monoisotopic (exact) mass is 342 g/mol. The Morgan fingerprint density at radius 2 is 2.04 bits per heavy atom. The van der Waals surface area contributed by atoms with Crippen LogP contribution >= 0.6 is 11.3 Å². The minimum Gasteiger partial charge on any atom is -0.508 e. The summed E-state index contributed by atoms with van der Waals surface area (Å²) in [5, 5.41) is 14.8. The van der Waals surface area contributed by atoms with Crippen molar-refractivity contribution in [3.05, 3.63) is 64.9 Å². The summed E-state index contributed by atoms with van der Waals surface area (Å²) in [6.07, 6.45) is 1.98. The maximum atomic E-state index is 10.5. The van der Waals surface area contributed by atoms with Crippen molar-refractivity contribution in [1.29, 1.82) is 0 Å². The zero-order valence-corrected chi connectivity index (χ0v) is 15.2. The number of phenolic OH excluding ortho intramolecular Hbond substituents is 1. The van der Waals surface area contributed by atoms with Crippen LogP contribution < -0.4 is 0 Å². The smallest absolute Gasteiger partial charge is 0.120 e. The number of rotatable bonds is 5. The van der Waals surface area contributed by atoms with Crippen molar-refractivity contribution in [2.45, 2.75) is 32.0 Å². The molecule has 1 saturated heterocycles. The number of benzene rings is 1. The van der Waals surface area contributed by atoms with Crippen LogP contribution in [-0.2, 0) is 0 Å². The molecule has 24 heavy (non-hydrogen) atoms. The number of nitrogens with zero attached hydrogens (tertiary/aromatic N) is 2. The van der Waals surface area contributed by atoms with Gasteiger partial charge >= 0.3 is 0 Å². The molecule has 1 aliphatic heterocycles. The highest BCUT2D eigenvalue weighted by atomic mass is 32.1. The van der Waals surface area contributed by atoms with Crippen LogP contribution in [-0.4, -0.2) is 46.6 Å². The van der Waals surface area contributed by atoms with Gasteiger partial charge < -0.3 is 5.11 Å². The molecule has 0 spiro atoms. The molecule has 1 N–H and O–H groups in total. The Balaban J connectivity index is 1.95. The fourth-order valence-electron chi connectivity index (χ4n) is 3.70. The molecule has 0 saturated carbocycles. The van der Waals surface area contributed by atoms with Gasteiger partial charge in [-0.05, 0) is 42.3 Å². The van der Waals surface area contributed by atoms with Crippen LogP contribution in [0.25, 0.3) is 0 Å². The van der Waals surface area contributed by atoms with Crippen LogP contribution in [0.3, 0.4) is 0 Å². The van der Waals surface area contributed by atoms with Gasteiger partial charge in [0.25, 0.3) is 0 Å². The quantitative estimate of drug-likeness (QED) is 0.828. The van der Waals surface area contributed by atoms with Crippen LogP contribution in [0.4, 0.5) is 0 Å². The number of hydrogen-bond donors (Lipinski definition) is 1. The average molecular weight is 343 g/mol. The standard InChI is InChI=1S/C20H26N2OS/c1-4-10-21-12-16(3)22(13-15(21)2)20(17-9-11-24-14-17)18-7-5-6-8-19(18)23/h4-9,11,14-16,20,23H,1,10,12-13H2,2-3H3/t15-,16+,20-/m1/s1. The van der Waals surface area contributed by atoms with E-state index >= 15 is 0 Å². The van der Waals surface area contributed by atoms with E-state index in [0.29, 0.717) is 17.8 Å². The molecule has 2 heterocycles. The van der Waals surface area contributed by atoms with Crippen molar-refractivity contribution < 1.29 is 5.11 Å². The highest BCUT2D eigenvalue weighted by molar-refractivity contribution is 7.08. The summed E-state index contributed by atoms with van der Waals surface area (Å²) in [5.41, 5.74) is 2.25. The van der Waals surface area contributed by atoms with E-state index in [-0.39, 0.29) is 6.04 Å². The molecule has 0 amide bonds. The van der Waals surface area contributed by atoms with E-state index in [1.54, 1.807) is 17.4 Å².